The van der Waals surface area contributed by atoms with E-state index in [1.54, 1.807) is 0 Å². The Morgan fingerprint density at radius 3 is 3.12 bits per heavy atom. The summed E-state index contributed by atoms with van der Waals surface area (Å²) in [6, 6.07) is 8.69. The van der Waals surface area contributed by atoms with Crippen LogP contribution in [0.15, 0.2) is 24.3 Å². The minimum absolute atomic E-state index is 0.387. The summed E-state index contributed by atoms with van der Waals surface area (Å²) in [5.41, 5.74) is 2.22. The van der Waals surface area contributed by atoms with Gasteiger partial charge in [0, 0.05) is 18.3 Å². The van der Waals surface area contributed by atoms with Crippen LogP contribution in [-0.4, -0.2) is 29.2 Å². The molecule has 0 bridgehead atoms. The third kappa shape index (κ3) is 4.02. The molecule has 0 unspecified atom stereocenters. The van der Waals surface area contributed by atoms with Crippen molar-refractivity contribution in [3.05, 3.63) is 35.4 Å². The van der Waals surface area contributed by atoms with E-state index in [-0.39, 0.29) is 6.10 Å². The minimum Gasteiger partial charge on any atom is -0.387 e. The molecule has 0 saturated carbocycles. The molecular formula is C14H21NOS. The van der Waals surface area contributed by atoms with Gasteiger partial charge in [0.05, 0.1) is 6.10 Å². The molecule has 0 radical (unpaired) electrons. The number of benzene rings is 1. The van der Waals surface area contributed by atoms with Crippen LogP contribution in [0.1, 0.15) is 30.1 Å². The maximum atomic E-state index is 10.1. The summed E-state index contributed by atoms with van der Waals surface area (Å²) in [6.07, 6.45) is 2.15. The molecule has 1 aliphatic heterocycles. The highest BCUT2D eigenvalue weighted by atomic mass is 32.2. The quantitative estimate of drug-likeness (QED) is 0.862. The molecule has 0 aliphatic carbocycles. The second kappa shape index (κ2) is 6.43. The summed E-state index contributed by atoms with van der Waals surface area (Å²) < 4.78 is 0. The van der Waals surface area contributed by atoms with E-state index in [9.17, 15) is 5.11 Å². The van der Waals surface area contributed by atoms with Crippen LogP contribution in [0.4, 0.5) is 0 Å². The Balaban J connectivity index is 1.82. The van der Waals surface area contributed by atoms with E-state index in [0.29, 0.717) is 12.6 Å². The Labute approximate surface area is 108 Å². The second-order valence-electron chi connectivity index (χ2n) is 4.75. The van der Waals surface area contributed by atoms with E-state index >= 15 is 0 Å². The standard InChI is InChI=1S/C14H21NOS/c1-11-4-2-5-12(8-11)14(16)9-15-13-6-3-7-17-10-13/h2,4-5,8,13-16H,3,6-7,9-10H2,1H3/t13-,14+/m0/s1. The average Bonchev–Trinajstić information content (AvgIpc) is 2.37. The topological polar surface area (TPSA) is 32.3 Å². The van der Waals surface area contributed by atoms with Crippen molar-refractivity contribution in [1.82, 2.24) is 5.32 Å². The highest BCUT2D eigenvalue weighted by Gasteiger charge is 2.15. The predicted molar refractivity (Wildman–Crippen MR) is 74.5 cm³/mol. The third-order valence-electron chi connectivity index (χ3n) is 3.19. The van der Waals surface area contributed by atoms with Gasteiger partial charge in [0.1, 0.15) is 0 Å². The predicted octanol–water partition coefficient (Wildman–Crippen LogP) is 2.51. The van der Waals surface area contributed by atoms with E-state index < -0.39 is 0 Å². The maximum Gasteiger partial charge on any atom is 0.0914 e. The van der Waals surface area contributed by atoms with Gasteiger partial charge in [-0.2, -0.15) is 11.8 Å². The molecule has 94 valence electrons. The first-order chi connectivity index (χ1) is 8.25. The van der Waals surface area contributed by atoms with Crippen molar-refractivity contribution in [2.45, 2.75) is 31.9 Å². The van der Waals surface area contributed by atoms with Crippen LogP contribution in [0.3, 0.4) is 0 Å². The zero-order chi connectivity index (χ0) is 12.1. The third-order valence-corrected chi connectivity index (χ3v) is 4.40. The fourth-order valence-corrected chi connectivity index (χ4v) is 3.28. The molecule has 1 aromatic rings. The maximum absolute atomic E-state index is 10.1. The van der Waals surface area contributed by atoms with Gasteiger partial charge in [0.15, 0.2) is 0 Å². The first-order valence-corrected chi connectivity index (χ1v) is 7.47. The Hall–Kier alpha value is -0.510. The first-order valence-electron chi connectivity index (χ1n) is 6.31. The number of nitrogens with one attached hydrogen (secondary N) is 1. The normalized spacial score (nSPS) is 22.4. The average molecular weight is 251 g/mol. The molecule has 2 atom stereocenters. The summed E-state index contributed by atoms with van der Waals surface area (Å²) in [7, 11) is 0. The van der Waals surface area contributed by atoms with Gasteiger partial charge in [0.25, 0.3) is 0 Å². The molecule has 1 aromatic carbocycles. The Morgan fingerprint density at radius 2 is 2.41 bits per heavy atom. The molecule has 1 heterocycles. The lowest BCUT2D eigenvalue weighted by Gasteiger charge is -2.24. The summed E-state index contributed by atoms with van der Waals surface area (Å²) in [5.74, 6) is 2.47. The number of rotatable bonds is 4. The molecule has 17 heavy (non-hydrogen) atoms. The highest BCUT2D eigenvalue weighted by molar-refractivity contribution is 7.99. The first kappa shape index (κ1) is 12.9. The van der Waals surface area contributed by atoms with Crippen LogP contribution in [0.2, 0.25) is 0 Å². The van der Waals surface area contributed by atoms with Crippen molar-refractivity contribution in [3.63, 3.8) is 0 Å². The molecule has 0 aromatic heterocycles. The molecule has 1 fully saturated rings. The molecule has 1 saturated heterocycles. The van der Waals surface area contributed by atoms with Gasteiger partial charge in [-0.3, -0.25) is 0 Å². The van der Waals surface area contributed by atoms with Gasteiger partial charge in [-0.1, -0.05) is 29.8 Å². The second-order valence-corrected chi connectivity index (χ2v) is 5.90. The summed E-state index contributed by atoms with van der Waals surface area (Å²) in [5, 5.41) is 13.6. The lowest BCUT2D eigenvalue weighted by molar-refractivity contribution is 0.170. The lowest BCUT2D eigenvalue weighted by atomic mass is 10.1. The molecule has 1 aliphatic rings. The van der Waals surface area contributed by atoms with Gasteiger partial charge in [-0.25, -0.2) is 0 Å². The van der Waals surface area contributed by atoms with E-state index in [1.807, 2.05) is 23.9 Å². The van der Waals surface area contributed by atoms with Gasteiger partial charge < -0.3 is 10.4 Å². The zero-order valence-electron chi connectivity index (χ0n) is 10.4. The number of aryl methyl sites for hydroxylation is 1. The van der Waals surface area contributed by atoms with Crippen molar-refractivity contribution in [2.24, 2.45) is 0 Å². The lowest BCUT2D eigenvalue weighted by Crippen LogP contribution is -2.36. The Kier molecular flexibility index (Phi) is 4.89. The van der Waals surface area contributed by atoms with Gasteiger partial charge in [-0.05, 0) is 31.1 Å². The van der Waals surface area contributed by atoms with Crippen LogP contribution in [-0.2, 0) is 0 Å². The zero-order valence-corrected chi connectivity index (χ0v) is 11.2. The molecule has 2 rings (SSSR count). The SMILES string of the molecule is Cc1cccc([C@H](O)CN[C@H]2CCCSC2)c1. The van der Waals surface area contributed by atoms with Crippen LogP contribution < -0.4 is 5.32 Å². The summed E-state index contributed by atoms with van der Waals surface area (Å²) >= 11 is 2.01. The monoisotopic (exact) mass is 251 g/mol. The van der Waals surface area contributed by atoms with Gasteiger partial charge in [0.2, 0.25) is 0 Å². The van der Waals surface area contributed by atoms with Crippen LogP contribution in [0, 0.1) is 6.92 Å². The molecule has 3 heteroatoms. The Morgan fingerprint density at radius 1 is 1.53 bits per heavy atom. The summed E-state index contributed by atoms with van der Waals surface area (Å²) in [4.78, 5) is 0. The summed E-state index contributed by atoms with van der Waals surface area (Å²) in [6.45, 7) is 2.72. The van der Waals surface area contributed by atoms with Crippen molar-refractivity contribution >= 4 is 11.8 Å². The van der Waals surface area contributed by atoms with E-state index in [4.69, 9.17) is 0 Å². The van der Waals surface area contributed by atoms with E-state index in [0.717, 1.165) is 5.56 Å². The highest BCUT2D eigenvalue weighted by Crippen LogP contribution is 2.18. The largest absolute Gasteiger partial charge is 0.387 e. The number of aliphatic hydroxyl groups excluding tert-OH is 1. The van der Waals surface area contributed by atoms with Crippen LogP contribution >= 0.6 is 11.8 Å². The van der Waals surface area contributed by atoms with Gasteiger partial charge in [-0.15, -0.1) is 0 Å². The van der Waals surface area contributed by atoms with Crippen molar-refractivity contribution < 1.29 is 5.11 Å². The molecule has 2 nitrogen and oxygen atoms in total. The number of hydrogen-bond acceptors (Lipinski definition) is 3. The van der Waals surface area contributed by atoms with Gasteiger partial charge >= 0.3 is 0 Å². The fourth-order valence-electron chi connectivity index (χ4n) is 2.18. The molecule has 2 N–H and O–H groups in total. The molecule has 0 spiro atoms. The Bertz CT molecular complexity index is 350. The van der Waals surface area contributed by atoms with E-state index in [2.05, 4.69) is 24.4 Å². The van der Waals surface area contributed by atoms with Crippen molar-refractivity contribution in [3.8, 4) is 0 Å². The molecular weight excluding hydrogens is 230 g/mol. The van der Waals surface area contributed by atoms with Crippen LogP contribution in [0.25, 0.3) is 0 Å². The molecule has 0 amide bonds. The van der Waals surface area contributed by atoms with E-state index in [1.165, 1.54) is 29.9 Å². The fraction of sp³-hybridized carbons (Fsp3) is 0.571. The number of thioether (sulfide) groups is 1. The van der Waals surface area contributed by atoms with Crippen molar-refractivity contribution in [2.75, 3.05) is 18.1 Å². The smallest absolute Gasteiger partial charge is 0.0914 e. The minimum atomic E-state index is -0.387. The van der Waals surface area contributed by atoms with Crippen molar-refractivity contribution in [1.29, 1.82) is 0 Å². The number of hydrogen-bond donors (Lipinski definition) is 2. The number of aliphatic hydroxyl groups is 1. The van der Waals surface area contributed by atoms with Crippen LogP contribution in [0.5, 0.6) is 0 Å².